The van der Waals surface area contributed by atoms with Crippen LogP contribution >= 0.6 is 23.2 Å². The fraction of sp³-hybridized carbons (Fsp3) is 0.396. The molecule has 0 nitrogen and oxygen atoms in total. The Balaban J connectivity index is 0.00000314. The molecule has 0 radical (unpaired) electrons. The summed E-state index contributed by atoms with van der Waals surface area (Å²) in [5, 5.41) is 1.54. The Labute approximate surface area is 350 Å². The van der Waals surface area contributed by atoms with Crippen LogP contribution in [0.15, 0.2) is 87.7 Å². The Kier molecular flexibility index (Phi) is 13.6. The first-order chi connectivity index (χ1) is 23.8. The number of halogens is 4. The molecule has 4 aromatic rings. The minimum absolute atomic E-state index is 0. The van der Waals surface area contributed by atoms with Crippen LogP contribution in [0.3, 0.4) is 0 Å². The Morgan fingerprint density at radius 1 is 0.698 bits per heavy atom. The molecule has 0 aromatic heterocycles. The summed E-state index contributed by atoms with van der Waals surface area (Å²) in [6.45, 7) is 28.5. The maximum atomic E-state index is 6.59. The molecule has 0 heterocycles. The molecule has 0 bridgehead atoms. The van der Waals surface area contributed by atoms with Crippen molar-refractivity contribution in [2.45, 2.75) is 113 Å². The second-order valence-electron chi connectivity index (χ2n) is 18.1. The Hall–Kier alpha value is -1.73. The van der Waals surface area contributed by atoms with E-state index in [1.54, 1.807) is 12.1 Å². The van der Waals surface area contributed by atoms with Crippen molar-refractivity contribution in [3.05, 3.63) is 142 Å². The number of hydrogen-bond donors (Lipinski definition) is 0. The van der Waals surface area contributed by atoms with Gasteiger partial charge in [0.2, 0.25) is 0 Å². The fourth-order valence-electron chi connectivity index (χ4n) is 8.55. The van der Waals surface area contributed by atoms with E-state index in [1.165, 1.54) is 65.3 Å². The third-order valence-electron chi connectivity index (χ3n) is 11.0. The number of benzene rings is 4. The summed E-state index contributed by atoms with van der Waals surface area (Å²) in [5.74, 6) is 0.431. The van der Waals surface area contributed by atoms with Crippen LogP contribution in [0.25, 0.3) is 11.1 Å². The van der Waals surface area contributed by atoms with E-state index in [0.29, 0.717) is 5.92 Å². The summed E-state index contributed by atoms with van der Waals surface area (Å²) >= 11 is 10.1. The monoisotopic (exact) mass is 862 g/mol. The van der Waals surface area contributed by atoms with E-state index in [0.717, 1.165) is 22.9 Å². The molecule has 0 fully saturated rings. The van der Waals surface area contributed by atoms with Crippen LogP contribution in [0.4, 0.5) is 0 Å². The van der Waals surface area contributed by atoms with Crippen molar-refractivity contribution in [1.29, 1.82) is 0 Å². The van der Waals surface area contributed by atoms with Crippen molar-refractivity contribution in [2.24, 2.45) is 11.3 Å². The Bertz CT molecular complexity index is 2040. The molecule has 1 unspecified atom stereocenters. The van der Waals surface area contributed by atoms with Crippen LogP contribution in [0.1, 0.15) is 127 Å². The topological polar surface area (TPSA) is 0 Å². The van der Waals surface area contributed by atoms with Crippen molar-refractivity contribution in [3.8, 4) is 11.1 Å². The second-order valence-corrected chi connectivity index (χ2v) is 24.7. The van der Waals surface area contributed by atoms with Gasteiger partial charge in [-0.05, 0) is 0 Å². The quantitative estimate of drug-likeness (QED) is 0.165. The second kappa shape index (κ2) is 16.4. The standard InChI is InChI=1S/C23H29.C13H8Cl2.C12H19.2ClH.Zr/c1-14-9-16-11-17-10-15(2)21(23(6,7)8)13-19(17)18(16)12-20(14)22(3,4)5;14-12-5-1-10(2-6-12)9-11-3-7-13(15)8-4-11;1-5-6-10-7-8-11(9-10)12(2,3)4;;;/h9,12-13H,11H2,1-8H3;1-8H;8-10H,5-6H2,1-4H3;2*1H;/q;;;;;+2/p-2. The first kappa shape index (κ1) is 44.0. The first-order valence-corrected chi connectivity index (χ1v) is 23.3. The van der Waals surface area contributed by atoms with Gasteiger partial charge in [-0.2, -0.15) is 0 Å². The molecule has 0 saturated heterocycles. The number of fused-ring (bicyclic) bond motifs is 3. The normalized spacial score (nSPS) is 15.0. The Morgan fingerprint density at radius 2 is 1.21 bits per heavy atom. The van der Waals surface area contributed by atoms with Gasteiger partial charge >= 0.3 is 329 Å². The van der Waals surface area contributed by atoms with Gasteiger partial charge in [0, 0.05) is 0 Å². The molecule has 1 atom stereocenters. The van der Waals surface area contributed by atoms with Crippen molar-refractivity contribution >= 4 is 29.7 Å². The SMILES string of the molecule is CCCC1C=C(C(C)(C)C)C=[C]1[Zr+2](=[C](c1ccc(Cl)cc1)c1ccc(Cl)cc1)[c]1c(C)c(C(C)(C)C)cc2c1Cc1cc(C)c(C(C)(C)C)cc1-2.[Cl-].[Cl-]. The molecule has 0 aliphatic heterocycles. The maximum absolute atomic E-state index is 6.59. The van der Waals surface area contributed by atoms with E-state index in [-0.39, 0.29) is 41.1 Å². The predicted octanol–water partition coefficient (Wildman–Crippen LogP) is 7.58. The zero-order valence-corrected chi connectivity index (χ0v) is 39.2. The van der Waals surface area contributed by atoms with E-state index in [9.17, 15) is 0 Å². The molecule has 4 aromatic carbocycles. The van der Waals surface area contributed by atoms with Gasteiger partial charge in [-0.3, -0.25) is 0 Å². The Morgan fingerprint density at radius 3 is 1.68 bits per heavy atom. The number of aryl methyl sites for hydroxylation is 1. The number of rotatable bonds is 6. The molecule has 0 spiro atoms. The van der Waals surface area contributed by atoms with Crippen LogP contribution in [0.2, 0.25) is 10.0 Å². The van der Waals surface area contributed by atoms with Crippen molar-refractivity contribution in [2.75, 3.05) is 0 Å². The van der Waals surface area contributed by atoms with E-state index >= 15 is 0 Å². The largest absolute Gasteiger partial charge is 1.00 e. The summed E-state index contributed by atoms with van der Waals surface area (Å²) in [6, 6.07) is 25.0. The molecular formula is C48H56Cl4Zr. The van der Waals surface area contributed by atoms with Crippen molar-refractivity contribution in [3.63, 3.8) is 0 Å². The van der Waals surface area contributed by atoms with Gasteiger partial charge in [0.1, 0.15) is 0 Å². The van der Waals surface area contributed by atoms with Gasteiger partial charge in [-0.15, -0.1) is 0 Å². The van der Waals surface area contributed by atoms with Crippen molar-refractivity contribution < 1.29 is 46.1 Å². The van der Waals surface area contributed by atoms with Crippen LogP contribution < -0.4 is 28.1 Å². The fourth-order valence-corrected chi connectivity index (χ4v) is 17.8. The van der Waals surface area contributed by atoms with E-state index in [4.69, 9.17) is 23.2 Å². The summed E-state index contributed by atoms with van der Waals surface area (Å²) < 4.78 is 4.88. The first-order valence-electron chi connectivity index (χ1n) is 18.8. The van der Waals surface area contributed by atoms with Crippen LogP contribution in [-0.2, 0) is 38.5 Å². The van der Waals surface area contributed by atoms with E-state index in [2.05, 4.69) is 162 Å². The molecule has 6 rings (SSSR count). The predicted molar refractivity (Wildman–Crippen MR) is 221 cm³/mol. The summed E-state index contributed by atoms with van der Waals surface area (Å²) in [5.41, 5.74) is 15.9. The number of allylic oxidation sites excluding steroid dienone is 4. The van der Waals surface area contributed by atoms with E-state index < -0.39 is 21.3 Å². The zero-order chi connectivity index (χ0) is 37.2. The molecule has 2 aliphatic carbocycles. The summed E-state index contributed by atoms with van der Waals surface area (Å²) in [6.07, 6.45) is 8.61. The van der Waals surface area contributed by atoms with E-state index in [1.807, 2.05) is 0 Å². The molecule has 280 valence electrons. The minimum Gasteiger partial charge on any atom is -1.00 e. The molecule has 0 N–H and O–H groups in total. The molecule has 5 heteroatoms. The third kappa shape index (κ3) is 8.82. The molecule has 0 amide bonds. The molecular weight excluding hydrogens is 810 g/mol. The van der Waals surface area contributed by atoms with Gasteiger partial charge in [0.25, 0.3) is 0 Å². The average molecular weight is 866 g/mol. The third-order valence-corrected chi connectivity index (χ3v) is 19.8. The summed E-state index contributed by atoms with van der Waals surface area (Å²) in [7, 11) is 0. The maximum Gasteiger partial charge on any atom is -1.00 e. The van der Waals surface area contributed by atoms with Gasteiger partial charge < -0.3 is 24.8 Å². The van der Waals surface area contributed by atoms with Crippen molar-refractivity contribution in [1.82, 2.24) is 0 Å². The molecule has 2 aliphatic rings. The smallest absolute Gasteiger partial charge is 1.00 e. The van der Waals surface area contributed by atoms with Gasteiger partial charge in [-0.25, -0.2) is 0 Å². The van der Waals surface area contributed by atoms with Crippen LogP contribution in [0.5, 0.6) is 0 Å². The molecule has 53 heavy (non-hydrogen) atoms. The number of hydrogen-bond acceptors (Lipinski definition) is 0. The summed E-state index contributed by atoms with van der Waals surface area (Å²) in [4.78, 5) is 0. The zero-order valence-electron chi connectivity index (χ0n) is 33.7. The molecule has 0 saturated carbocycles. The van der Waals surface area contributed by atoms with Gasteiger partial charge in [0.05, 0.1) is 0 Å². The van der Waals surface area contributed by atoms with Gasteiger partial charge in [0.15, 0.2) is 0 Å². The van der Waals surface area contributed by atoms with Crippen LogP contribution in [0, 0.1) is 25.2 Å². The van der Waals surface area contributed by atoms with Gasteiger partial charge in [-0.1, -0.05) is 0 Å². The minimum atomic E-state index is -3.09. The average Bonchev–Trinajstić information content (AvgIpc) is 3.61. The van der Waals surface area contributed by atoms with Crippen LogP contribution in [-0.4, -0.2) is 3.21 Å².